The summed E-state index contributed by atoms with van der Waals surface area (Å²) in [6.07, 6.45) is 0.177. The van der Waals surface area contributed by atoms with E-state index in [1.807, 2.05) is 0 Å². The molecule has 0 atom stereocenters. The minimum atomic E-state index is -1.06. The van der Waals surface area contributed by atoms with E-state index in [2.05, 4.69) is 0 Å². The molecule has 0 N–H and O–H groups in total. The van der Waals surface area contributed by atoms with Crippen LogP contribution >= 0.6 is 0 Å². The summed E-state index contributed by atoms with van der Waals surface area (Å²) in [6, 6.07) is 0. The van der Waals surface area contributed by atoms with Gasteiger partial charge in [0.1, 0.15) is 0 Å². The molecule has 0 aliphatic carbocycles. The average Bonchev–Trinajstić information content (AvgIpc) is 1.95. The predicted molar refractivity (Wildman–Crippen MR) is 34.3 cm³/mol. The van der Waals surface area contributed by atoms with Crippen molar-refractivity contribution in [2.75, 3.05) is 21.3 Å². The summed E-state index contributed by atoms with van der Waals surface area (Å²) in [4.78, 5) is 0. The molecule has 0 saturated heterocycles. The van der Waals surface area contributed by atoms with Crippen molar-refractivity contribution in [1.29, 1.82) is 0 Å². The predicted octanol–water partition coefficient (Wildman–Crippen LogP) is 0.166. The minimum Gasteiger partial charge on any atom is -0.331 e. The van der Waals surface area contributed by atoms with Crippen LogP contribution in [-0.2, 0) is 14.2 Å². The van der Waals surface area contributed by atoms with Crippen LogP contribution in [0, 0.1) is 0 Å². The van der Waals surface area contributed by atoms with E-state index in [1.54, 1.807) is 0 Å². The molecule has 3 nitrogen and oxygen atoms in total. The number of hydrogen-bond donors (Lipinski definition) is 0. The first-order valence-corrected chi connectivity index (χ1v) is 2.60. The third-order valence-electron chi connectivity index (χ3n) is 1.18. The van der Waals surface area contributed by atoms with Crippen molar-refractivity contribution in [3.05, 3.63) is 0 Å². The summed E-state index contributed by atoms with van der Waals surface area (Å²) in [7, 11) is 9.68. The van der Waals surface area contributed by atoms with Crippen LogP contribution in [0.2, 0.25) is 6.32 Å². The third kappa shape index (κ3) is 1.97. The molecule has 0 spiro atoms. The fourth-order valence-electron chi connectivity index (χ4n) is 0.500. The highest BCUT2D eigenvalue weighted by molar-refractivity contribution is 6.09. The monoisotopic (exact) mass is 130 g/mol. The first-order chi connectivity index (χ1) is 4.24. The summed E-state index contributed by atoms with van der Waals surface area (Å²) in [5.41, 5.74) is 0. The van der Waals surface area contributed by atoms with Crippen LogP contribution in [0.5, 0.6) is 0 Å². The zero-order valence-corrected chi connectivity index (χ0v) is 6.01. The van der Waals surface area contributed by atoms with E-state index in [9.17, 15) is 0 Å². The molecule has 0 rings (SSSR count). The third-order valence-corrected chi connectivity index (χ3v) is 1.18. The lowest BCUT2D eigenvalue weighted by molar-refractivity contribution is -0.339. The molecule has 0 aliphatic heterocycles. The van der Waals surface area contributed by atoms with Gasteiger partial charge in [-0.3, -0.25) is 0 Å². The SMILES string of the molecule is [B]CC(OC)(OC)OC. The Morgan fingerprint density at radius 3 is 1.44 bits per heavy atom. The molecular formula is C5H11BO3. The molecule has 0 aromatic carbocycles. The number of ether oxygens (including phenoxy) is 3. The molecule has 0 bridgehead atoms. The molecule has 0 aromatic rings. The Morgan fingerprint density at radius 2 is 1.44 bits per heavy atom. The number of hydrogen-bond acceptors (Lipinski definition) is 3. The van der Waals surface area contributed by atoms with E-state index >= 15 is 0 Å². The first kappa shape index (κ1) is 8.94. The standard InChI is InChI=1S/C5H11BO3/c1-7-5(4-6,8-2)9-3/h4H2,1-3H3. The van der Waals surface area contributed by atoms with Gasteiger partial charge in [0.15, 0.2) is 0 Å². The van der Waals surface area contributed by atoms with Gasteiger partial charge in [-0.15, -0.1) is 0 Å². The normalized spacial score (nSPS) is 11.9. The van der Waals surface area contributed by atoms with Gasteiger partial charge in [-0.05, 0) is 6.32 Å². The maximum Gasteiger partial charge on any atom is 0.273 e. The molecule has 9 heavy (non-hydrogen) atoms. The fraction of sp³-hybridized carbons (Fsp3) is 1.00. The van der Waals surface area contributed by atoms with Crippen molar-refractivity contribution in [3.8, 4) is 0 Å². The molecule has 0 amide bonds. The van der Waals surface area contributed by atoms with Crippen molar-refractivity contribution < 1.29 is 14.2 Å². The fourth-order valence-corrected chi connectivity index (χ4v) is 0.500. The van der Waals surface area contributed by atoms with Crippen molar-refractivity contribution in [2.45, 2.75) is 12.3 Å². The highest BCUT2D eigenvalue weighted by atomic mass is 16.9. The van der Waals surface area contributed by atoms with Crippen LogP contribution < -0.4 is 0 Å². The van der Waals surface area contributed by atoms with E-state index in [1.165, 1.54) is 21.3 Å². The van der Waals surface area contributed by atoms with Gasteiger partial charge in [0, 0.05) is 21.3 Å². The minimum absolute atomic E-state index is 0.177. The van der Waals surface area contributed by atoms with Gasteiger partial charge < -0.3 is 14.2 Å². The second kappa shape index (κ2) is 3.87. The largest absolute Gasteiger partial charge is 0.331 e. The van der Waals surface area contributed by atoms with Gasteiger partial charge in [0.25, 0.3) is 5.97 Å². The van der Waals surface area contributed by atoms with Crippen LogP contribution in [0.1, 0.15) is 0 Å². The van der Waals surface area contributed by atoms with E-state index in [-0.39, 0.29) is 6.32 Å². The lowest BCUT2D eigenvalue weighted by Gasteiger charge is -2.27. The van der Waals surface area contributed by atoms with Gasteiger partial charge in [-0.25, -0.2) is 0 Å². The van der Waals surface area contributed by atoms with Crippen LogP contribution in [-0.4, -0.2) is 35.1 Å². The van der Waals surface area contributed by atoms with E-state index in [0.29, 0.717) is 0 Å². The molecule has 0 unspecified atom stereocenters. The molecule has 0 heterocycles. The molecule has 0 saturated carbocycles. The summed E-state index contributed by atoms with van der Waals surface area (Å²) in [5, 5.41) is 0. The van der Waals surface area contributed by atoms with Crippen molar-refractivity contribution in [1.82, 2.24) is 0 Å². The number of rotatable bonds is 4. The highest BCUT2D eigenvalue weighted by Gasteiger charge is 2.25. The molecule has 52 valence electrons. The van der Waals surface area contributed by atoms with Crippen molar-refractivity contribution >= 4 is 7.85 Å². The van der Waals surface area contributed by atoms with Gasteiger partial charge in [0.2, 0.25) is 0 Å². The van der Waals surface area contributed by atoms with Gasteiger partial charge in [-0.2, -0.15) is 0 Å². The summed E-state index contributed by atoms with van der Waals surface area (Å²) in [5.74, 6) is -1.06. The highest BCUT2D eigenvalue weighted by Crippen LogP contribution is 2.14. The Hall–Kier alpha value is -0.0551. The first-order valence-electron chi connectivity index (χ1n) is 2.60. The quantitative estimate of drug-likeness (QED) is 0.400. The second-order valence-electron chi connectivity index (χ2n) is 1.50. The Labute approximate surface area is 56.7 Å². The second-order valence-corrected chi connectivity index (χ2v) is 1.50. The topological polar surface area (TPSA) is 27.7 Å². The maximum absolute atomic E-state index is 5.26. The molecule has 0 fully saturated rings. The Kier molecular flexibility index (Phi) is 3.85. The van der Waals surface area contributed by atoms with Crippen molar-refractivity contribution in [2.24, 2.45) is 0 Å². The van der Waals surface area contributed by atoms with Crippen LogP contribution in [0.25, 0.3) is 0 Å². The summed E-state index contributed by atoms with van der Waals surface area (Å²) < 4.78 is 14.4. The molecule has 0 aromatic heterocycles. The molecule has 4 heteroatoms. The summed E-state index contributed by atoms with van der Waals surface area (Å²) in [6.45, 7) is 0. The smallest absolute Gasteiger partial charge is 0.273 e. The number of methoxy groups -OCH3 is 3. The van der Waals surface area contributed by atoms with Gasteiger partial charge >= 0.3 is 0 Å². The van der Waals surface area contributed by atoms with Crippen LogP contribution in [0.15, 0.2) is 0 Å². The lowest BCUT2D eigenvalue weighted by atomic mass is 10.0. The average molecular weight is 130 g/mol. The lowest BCUT2D eigenvalue weighted by Crippen LogP contribution is -2.35. The molecule has 2 radical (unpaired) electrons. The van der Waals surface area contributed by atoms with E-state index in [4.69, 9.17) is 22.1 Å². The summed E-state index contributed by atoms with van der Waals surface area (Å²) >= 11 is 0. The van der Waals surface area contributed by atoms with Crippen LogP contribution in [0.4, 0.5) is 0 Å². The molecule has 0 aliphatic rings. The zero-order valence-electron chi connectivity index (χ0n) is 6.01. The zero-order chi connectivity index (χ0) is 7.33. The Bertz CT molecular complexity index is 55.1. The Morgan fingerprint density at radius 1 is 1.11 bits per heavy atom. The maximum atomic E-state index is 5.26. The van der Waals surface area contributed by atoms with Crippen molar-refractivity contribution in [3.63, 3.8) is 0 Å². The van der Waals surface area contributed by atoms with Crippen LogP contribution in [0.3, 0.4) is 0 Å². The Balaban J connectivity index is 3.82. The van der Waals surface area contributed by atoms with E-state index in [0.717, 1.165) is 0 Å². The van der Waals surface area contributed by atoms with Gasteiger partial charge in [0.05, 0.1) is 7.85 Å². The van der Waals surface area contributed by atoms with Gasteiger partial charge in [-0.1, -0.05) is 0 Å². The molecular weight excluding hydrogens is 119 g/mol. The van der Waals surface area contributed by atoms with E-state index < -0.39 is 5.97 Å².